The van der Waals surface area contributed by atoms with E-state index in [0.29, 0.717) is 17.0 Å². The second-order valence-electron chi connectivity index (χ2n) is 6.10. The Morgan fingerprint density at radius 2 is 2.15 bits per heavy atom. The van der Waals surface area contributed by atoms with Gasteiger partial charge < -0.3 is 14.5 Å². The highest BCUT2D eigenvalue weighted by Crippen LogP contribution is 2.26. The van der Waals surface area contributed by atoms with Crippen molar-refractivity contribution in [1.82, 2.24) is 20.2 Å². The predicted molar refractivity (Wildman–Crippen MR) is 99.0 cm³/mol. The molecule has 0 bridgehead atoms. The van der Waals surface area contributed by atoms with E-state index in [1.165, 1.54) is 6.33 Å². The van der Waals surface area contributed by atoms with Crippen molar-refractivity contribution in [2.75, 3.05) is 12.4 Å². The molecule has 4 rings (SSSR count). The lowest BCUT2D eigenvalue weighted by Crippen LogP contribution is -2.14. The number of anilines is 1. The summed E-state index contributed by atoms with van der Waals surface area (Å²) in [6.45, 7) is 1.95. The molecule has 0 saturated heterocycles. The number of hydrogen-bond donors (Lipinski definition) is 1. The van der Waals surface area contributed by atoms with Gasteiger partial charge in [-0.15, -0.1) is 5.10 Å². The van der Waals surface area contributed by atoms with Gasteiger partial charge in [0, 0.05) is 22.7 Å². The number of methoxy groups -OCH3 is 1. The molecule has 4 aromatic rings. The van der Waals surface area contributed by atoms with Gasteiger partial charge in [-0.2, -0.15) is 0 Å². The normalized spacial score (nSPS) is 10.9. The molecule has 8 heteroatoms. The minimum absolute atomic E-state index is 0.139. The molecule has 0 radical (unpaired) electrons. The molecule has 8 nitrogen and oxygen atoms in total. The third kappa shape index (κ3) is 3.37. The number of carbonyl (C=O) groups is 1. The van der Waals surface area contributed by atoms with Gasteiger partial charge in [-0.25, -0.2) is 4.68 Å². The number of fused-ring (bicyclic) bond motifs is 1. The summed E-state index contributed by atoms with van der Waals surface area (Å²) < 4.78 is 12.3. The molecule has 0 aliphatic carbocycles. The quantitative estimate of drug-likeness (QED) is 0.586. The molecule has 0 aliphatic rings. The van der Waals surface area contributed by atoms with Gasteiger partial charge in [0.25, 0.3) is 0 Å². The number of ether oxygens (including phenoxy) is 1. The number of benzene rings is 2. The average Bonchev–Trinajstić information content (AvgIpc) is 3.33. The lowest BCUT2D eigenvalue weighted by molar-refractivity contribution is -0.115. The molecular weight excluding hydrogens is 346 g/mol. The van der Waals surface area contributed by atoms with Crippen LogP contribution in [0.25, 0.3) is 16.7 Å². The molecule has 1 amide bonds. The van der Waals surface area contributed by atoms with Crippen LogP contribution in [0.4, 0.5) is 5.69 Å². The number of nitrogens with one attached hydrogen (secondary N) is 1. The maximum absolute atomic E-state index is 12.5. The van der Waals surface area contributed by atoms with Crippen LogP contribution in [0.5, 0.6) is 5.75 Å². The first-order valence-corrected chi connectivity index (χ1v) is 8.32. The number of carbonyl (C=O) groups excluding carboxylic acids is 1. The van der Waals surface area contributed by atoms with E-state index in [9.17, 15) is 4.79 Å². The Morgan fingerprint density at radius 3 is 2.93 bits per heavy atom. The maximum Gasteiger partial charge on any atom is 0.228 e. The van der Waals surface area contributed by atoms with E-state index in [-0.39, 0.29) is 12.3 Å². The van der Waals surface area contributed by atoms with Crippen LogP contribution in [0.2, 0.25) is 0 Å². The average molecular weight is 363 g/mol. The minimum atomic E-state index is -0.139. The summed E-state index contributed by atoms with van der Waals surface area (Å²) in [7, 11) is 1.60. The van der Waals surface area contributed by atoms with Crippen molar-refractivity contribution in [2.45, 2.75) is 13.3 Å². The van der Waals surface area contributed by atoms with Gasteiger partial charge in [0.15, 0.2) is 0 Å². The standard InChI is InChI=1S/C19H17N5O3/c1-12-3-4-14(8-17(12)24-11-20-22-23-24)21-19(25)7-13-10-27-18-9-15(26-2)5-6-16(13)18/h3-6,8-11H,7H2,1-2H3,(H,21,25). The SMILES string of the molecule is COc1ccc2c(CC(=O)Nc3ccc(C)c(-n4cnnn4)c3)coc2c1. The van der Waals surface area contributed by atoms with E-state index in [1.807, 2.05) is 37.3 Å². The summed E-state index contributed by atoms with van der Waals surface area (Å²) >= 11 is 0. The van der Waals surface area contributed by atoms with E-state index < -0.39 is 0 Å². The highest BCUT2D eigenvalue weighted by atomic mass is 16.5. The lowest BCUT2D eigenvalue weighted by Gasteiger charge is -2.09. The predicted octanol–water partition coefficient (Wildman–Crippen LogP) is 2.91. The molecule has 0 fully saturated rings. The first-order valence-electron chi connectivity index (χ1n) is 8.32. The molecule has 2 heterocycles. The number of aromatic nitrogens is 4. The molecule has 1 N–H and O–H groups in total. The van der Waals surface area contributed by atoms with Gasteiger partial charge in [-0.3, -0.25) is 4.79 Å². The Balaban J connectivity index is 1.52. The Bertz CT molecular complexity index is 1100. The lowest BCUT2D eigenvalue weighted by atomic mass is 10.1. The van der Waals surface area contributed by atoms with Crippen LogP contribution in [-0.2, 0) is 11.2 Å². The maximum atomic E-state index is 12.5. The summed E-state index contributed by atoms with van der Waals surface area (Å²) in [5.41, 5.74) is 3.98. The van der Waals surface area contributed by atoms with E-state index in [1.54, 1.807) is 24.1 Å². The van der Waals surface area contributed by atoms with Crippen LogP contribution in [-0.4, -0.2) is 33.2 Å². The largest absolute Gasteiger partial charge is 0.497 e. The van der Waals surface area contributed by atoms with Crippen LogP contribution >= 0.6 is 0 Å². The Hall–Kier alpha value is -3.68. The summed E-state index contributed by atoms with van der Waals surface area (Å²) in [5, 5.41) is 15.0. The molecule has 136 valence electrons. The number of hydrogen-bond acceptors (Lipinski definition) is 6. The molecule has 0 atom stereocenters. The number of tetrazole rings is 1. The van der Waals surface area contributed by atoms with Crippen molar-refractivity contribution in [3.05, 3.63) is 60.1 Å². The van der Waals surface area contributed by atoms with Crippen molar-refractivity contribution in [3.63, 3.8) is 0 Å². The van der Waals surface area contributed by atoms with Crippen LogP contribution in [0, 0.1) is 6.92 Å². The second-order valence-corrected chi connectivity index (χ2v) is 6.10. The molecule has 0 spiro atoms. The zero-order valence-electron chi connectivity index (χ0n) is 14.8. The van der Waals surface area contributed by atoms with Crippen molar-refractivity contribution in [2.24, 2.45) is 0 Å². The number of amides is 1. The Kier molecular flexibility index (Phi) is 4.29. The van der Waals surface area contributed by atoms with Crippen molar-refractivity contribution in [3.8, 4) is 11.4 Å². The summed E-state index contributed by atoms with van der Waals surface area (Å²) in [6.07, 6.45) is 3.32. The van der Waals surface area contributed by atoms with E-state index in [2.05, 4.69) is 20.8 Å². The molecule has 2 aromatic carbocycles. The summed E-state index contributed by atoms with van der Waals surface area (Å²) in [5.74, 6) is 0.572. The van der Waals surface area contributed by atoms with E-state index >= 15 is 0 Å². The number of aryl methyl sites for hydroxylation is 1. The Labute approximate surface area is 154 Å². The van der Waals surface area contributed by atoms with Crippen molar-refractivity contribution < 1.29 is 13.9 Å². The van der Waals surface area contributed by atoms with Gasteiger partial charge in [0.2, 0.25) is 5.91 Å². The zero-order chi connectivity index (χ0) is 18.8. The minimum Gasteiger partial charge on any atom is -0.497 e. The molecular formula is C19H17N5O3. The number of nitrogens with zero attached hydrogens (tertiary/aromatic N) is 4. The van der Waals surface area contributed by atoms with Crippen LogP contribution in [0.3, 0.4) is 0 Å². The van der Waals surface area contributed by atoms with Crippen LogP contribution < -0.4 is 10.1 Å². The van der Waals surface area contributed by atoms with Gasteiger partial charge in [-0.05, 0) is 47.2 Å². The summed E-state index contributed by atoms with van der Waals surface area (Å²) in [4.78, 5) is 12.5. The molecule has 0 saturated carbocycles. The van der Waals surface area contributed by atoms with Crippen LogP contribution in [0.15, 0.2) is 53.4 Å². The zero-order valence-corrected chi connectivity index (χ0v) is 14.8. The second kappa shape index (κ2) is 6.91. The van der Waals surface area contributed by atoms with Gasteiger partial charge in [-0.1, -0.05) is 6.07 Å². The fourth-order valence-corrected chi connectivity index (χ4v) is 2.91. The Morgan fingerprint density at radius 1 is 1.26 bits per heavy atom. The third-order valence-electron chi connectivity index (χ3n) is 4.30. The number of furan rings is 1. The third-order valence-corrected chi connectivity index (χ3v) is 4.30. The monoisotopic (exact) mass is 363 g/mol. The fourth-order valence-electron chi connectivity index (χ4n) is 2.91. The smallest absolute Gasteiger partial charge is 0.228 e. The van der Waals surface area contributed by atoms with Gasteiger partial charge in [0.1, 0.15) is 17.7 Å². The van der Waals surface area contributed by atoms with Gasteiger partial charge in [0.05, 0.1) is 25.5 Å². The molecule has 2 aromatic heterocycles. The first-order chi connectivity index (χ1) is 13.1. The van der Waals surface area contributed by atoms with Gasteiger partial charge >= 0.3 is 0 Å². The molecule has 27 heavy (non-hydrogen) atoms. The summed E-state index contributed by atoms with van der Waals surface area (Å²) in [6, 6.07) is 11.1. The van der Waals surface area contributed by atoms with E-state index in [0.717, 1.165) is 22.2 Å². The first kappa shape index (κ1) is 16.8. The highest BCUT2D eigenvalue weighted by molar-refractivity contribution is 5.95. The molecule has 0 unspecified atom stereocenters. The molecule has 0 aliphatic heterocycles. The van der Waals surface area contributed by atoms with Crippen LogP contribution in [0.1, 0.15) is 11.1 Å². The highest BCUT2D eigenvalue weighted by Gasteiger charge is 2.12. The number of rotatable bonds is 5. The van der Waals surface area contributed by atoms with Crippen molar-refractivity contribution in [1.29, 1.82) is 0 Å². The fraction of sp³-hybridized carbons (Fsp3) is 0.158. The topological polar surface area (TPSA) is 95.1 Å². The van der Waals surface area contributed by atoms with E-state index in [4.69, 9.17) is 9.15 Å². The van der Waals surface area contributed by atoms with Crippen molar-refractivity contribution >= 4 is 22.6 Å².